The Balaban J connectivity index is 1.84. The monoisotopic (exact) mass is 246 g/mol. The van der Waals surface area contributed by atoms with E-state index in [4.69, 9.17) is 0 Å². The van der Waals surface area contributed by atoms with Crippen LogP contribution in [0.2, 0.25) is 0 Å². The Hall–Kier alpha value is -1.35. The molecule has 0 bridgehead atoms. The van der Waals surface area contributed by atoms with Crippen LogP contribution in [0.15, 0.2) is 24.3 Å². The van der Waals surface area contributed by atoms with Gasteiger partial charge in [0.1, 0.15) is 0 Å². The van der Waals surface area contributed by atoms with Gasteiger partial charge in [0.05, 0.1) is 6.54 Å². The molecule has 0 aliphatic carbocycles. The van der Waals surface area contributed by atoms with E-state index in [-0.39, 0.29) is 5.91 Å². The van der Waals surface area contributed by atoms with Crippen molar-refractivity contribution in [2.75, 3.05) is 24.5 Å². The second-order valence-electron chi connectivity index (χ2n) is 5.28. The van der Waals surface area contributed by atoms with E-state index in [1.54, 1.807) is 0 Å². The summed E-state index contributed by atoms with van der Waals surface area (Å²) in [6.45, 7) is 6.57. The third kappa shape index (κ3) is 3.10. The van der Waals surface area contributed by atoms with Crippen LogP contribution in [-0.4, -0.2) is 25.5 Å². The van der Waals surface area contributed by atoms with E-state index in [9.17, 15) is 4.79 Å². The molecule has 3 nitrogen and oxygen atoms in total. The van der Waals surface area contributed by atoms with Gasteiger partial charge in [-0.3, -0.25) is 4.79 Å². The minimum atomic E-state index is 0.184. The van der Waals surface area contributed by atoms with Gasteiger partial charge in [-0.05, 0) is 36.9 Å². The van der Waals surface area contributed by atoms with Crippen molar-refractivity contribution in [3.8, 4) is 0 Å². The Morgan fingerprint density at radius 1 is 1.39 bits per heavy atom. The molecule has 0 aromatic heterocycles. The SMILES string of the molecule is CC(C)CCNCC(=O)N1CCc2ccccc21. The van der Waals surface area contributed by atoms with Gasteiger partial charge in [-0.1, -0.05) is 32.0 Å². The van der Waals surface area contributed by atoms with E-state index in [0.717, 1.165) is 31.6 Å². The molecule has 0 unspecified atom stereocenters. The summed E-state index contributed by atoms with van der Waals surface area (Å²) in [5.41, 5.74) is 2.38. The van der Waals surface area contributed by atoms with Crippen molar-refractivity contribution < 1.29 is 4.79 Å². The van der Waals surface area contributed by atoms with Crippen molar-refractivity contribution in [2.45, 2.75) is 26.7 Å². The van der Waals surface area contributed by atoms with Crippen LogP contribution < -0.4 is 10.2 Å². The first-order valence-electron chi connectivity index (χ1n) is 6.77. The van der Waals surface area contributed by atoms with E-state index < -0.39 is 0 Å². The van der Waals surface area contributed by atoms with Crippen LogP contribution in [0.3, 0.4) is 0 Å². The van der Waals surface area contributed by atoms with E-state index in [0.29, 0.717) is 12.5 Å². The summed E-state index contributed by atoms with van der Waals surface area (Å²) in [4.78, 5) is 14.0. The predicted octanol–water partition coefficient (Wildman–Crippen LogP) is 2.21. The molecule has 0 atom stereocenters. The lowest BCUT2D eigenvalue weighted by Crippen LogP contribution is -2.37. The van der Waals surface area contributed by atoms with Gasteiger partial charge >= 0.3 is 0 Å². The zero-order valence-electron chi connectivity index (χ0n) is 11.3. The average Bonchev–Trinajstić information content (AvgIpc) is 2.78. The molecule has 0 radical (unpaired) electrons. The molecule has 1 aliphatic heterocycles. The number of hydrogen-bond donors (Lipinski definition) is 1. The maximum absolute atomic E-state index is 12.1. The highest BCUT2D eigenvalue weighted by Crippen LogP contribution is 2.27. The molecule has 2 rings (SSSR count). The number of para-hydroxylation sites is 1. The molecule has 1 aromatic rings. The van der Waals surface area contributed by atoms with Gasteiger partial charge < -0.3 is 10.2 Å². The number of hydrogen-bond acceptors (Lipinski definition) is 2. The standard InChI is InChI=1S/C15H22N2O/c1-12(2)7-9-16-11-15(18)17-10-8-13-5-3-4-6-14(13)17/h3-6,12,16H,7-11H2,1-2H3. The number of carbonyl (C=O) groups is 1. The molecule has 3 heteroatoms. The summed E-state index contributed by atoms with van der Waals surface area (Å²) in [7, 11) is 0. The normalized spacial score (nSPS) is 14.1. The minimum absolute atomic E-state index is 0.184. The van der Waals surface area contributed by atoms with Gasteiger partial charge in [-0.25, -0.2) is 0 Å². The van der Waals surface area contributed by atoms with E-state index in [1.807, 2.05) is 23.1 Å². The molecular weight excluding hydrogens is 224 g/mol. The Labute approximate surface area is 109 Å². The van der Waals surface area contributed by atoms with Crippen LogP contribution in [0, 0.1) is 5.92 Å². The molecular formula is C15H22N2O. The fourth-order valence-corrected chi connectivity index (χ4v) is 2.28. The lowest BCUT2D eigenvalue weighted by Gasteiger charge is -2.17. The van der Waals surface area contributed by atoms with E-state index in [2.05, 4.69) is 25.2 Å². The van der Waals surface area contributed by atoms with Crippen molar-refractivity contribution in [3.63, 3.8) is 0 Å². The molecule has 0 saturated carbocycles. The van der Waals surface area contributed by atoms with Crippen molar-refractivity contribution >= 4 is 11.6 Å². The first-order chi connectivity index (χ1) is 8.68. The summed E-state index contributed by atoms with van der Waals surface area (Å²) >= 11 is 0. The number of nitrogens with zero attached hydrogens (tertiary/aromatic N) is 1. The molecule has 1 heterocycles. The number of anilines is 1. The summed E-state index contributed by atoms with van der Waals surface area (Å²) in [5, 5.41) is 3.23. The van der Waals surface area contributed by atoms with Crippen molar-refractivity contribution in [2.24, 2.45) is 5.92 Å². The topological polar surface area (TPSA) is 32.3 Å². The van der Waals surface area contributed by atoms with Gasteiger partial charge in [0.2, 0.25) is 5.91 Å². The number of nitrogens with one attached hydrogen (secondary N) is 1. The van der Waals surface area contributed by atoms with Gasteiger partial charge in [0.15, 0.2) is 0 Å². The van der Waals surface area contributed by atoms with Crippen LogP contribution >= 0.6 is 0 Å². The van der Waals surface area contributed by atoms with Gasteiger partial charge in [-0.2, -0.15) is 0 Å². The second-order valence-corrected chi connectivity index (χ2v) is 5.28. The van der Waals surface area contributed by atoms with Crippen LogP contribution in [0.5, 0.6) is 0 Å². The Morgan fingerprint density at radius 2 is 2.17 bits per heavy atom. The van der Waals surface area contributed by atoms with E-state index >= 15 is 0 Å². The molecule has 1 amide bonds. The fraction of sp³-hybridized carbons (Fsp3) is 0.533. The number of rotatable bonds is 5. The largest absolute Gasteiger partial charge is 0.311 e. The maximum atomic E-state index is 12.1. The Kier molecular flexibility index (Phi) is 4.37. The summed E-state index contributed by atoms with van der Waals surface area (Å²) in [5.74, 6) is 0.865. The molecule has 1 aliphatic rings. The molecule has 18 heavy (non-hydrogen) atoms. The maximum Gasteiger partial charge on any atom is 0.240 e. The zero-order chi connectivity index (χ0) is 13.0. The smallest absolute Gasteiger partial charge is 0.240 e. The van der Waals surface area contributed by atoms with Gasteiger partial charge in [0, 0.05) is 12.2 Å². The number of carbonyl (C=O) groups excluding carboxylic acids is 1. The highest BCUT2D eigenvalue weighted by Gasteiger charge is 2.23. The van der Waals surface area contributed by atoms with E-state index in [1.165, 1.54) is 5.56 Å². The van der Waals surface area contributed by atoms with Crippen molar-refractivity contribution in [1.82, 2.24) is 5.32 Å². The van der Waals surface area contributed by atoms with Crippen molar-refractivity contribution in [3.05, 3.63) is 29.8 Å². The van der Waals surface area contributed by atoms with Crippen LogP contribution in [0.25, 0.3) is 0 Å². The zero-order valence-corrected chi connectivity index (χ0v) is 11.3. The lowest BCUT2D eigenvalue weighted by molar-refractivity contribution is -0.117. The fourth-order valence-electron chi connectivity index (χ4n) is 2.28. The second kappa shape index (κ2) is 6.01. The molecule has 1 aromatic carbocycles. The molecule has 1 N–H and O–H groups in total. The minimum Gasteiger partial charge on any atom is -0.311 e. The summed E-state index contributed by atoms with van der Waals surface area (Å²) in [6.07, 6.45) is 2.10. The van der Waals surface area contributed by atoms with Crippen LogP contribution in [0.4, 0.5) is 5.69 Å². The Morgan fingerprint density at radius 3 is 2.94 bits per heavy atom. The average molecular weight is 246 g/mol. The predicted molar refractivity (Wildman–Crippen MR) is 74.8 cm³/mol. The molecule has 98 valence electrons. The van der Waals surface area contributed by atoms with Crippen LogP contribution in [-0.2, 0) is 11.2 Å². The van der Waals surface area contributed by atoms with Gasteiger partial charge in [-0.15, -0.1) is 0 Å². The lowest BCUT2D eigenvalue weighted by atomic mass is 10.1. The third-order valence-corrected chi connectivity index (χ3v) is 3.36. The molecule has 0 spiro atoms. The quantitative estimate of drug-likeness (QED) is 0.808. The Bertz CT molecular complexity index is 415. The highest BCUT2D eigenvalue weighted by molar-refractivity contribution is 5.96. The number of fused-ring (bicyclic) bond motifs is 1. The number of amides is 1. The highest BCUT2D eigenvalue weighted by atomic mass is 16.2. The first kappa shape index (κ1) is 13.1. The van der Waals surface area contributed by atoms with Crippen molar-refractivity contribution in [1.29, 1.82) is 0 Å². The number of benzene rings is 1. The molecule has 0 fully saturated rings. The first-order valence-corrected chi connectivity index (χ1v) is 6.77. The summed E-state index contributed by atoms with van der Waals surface area (Å²) < 4.78 is 0. The van der Waals surface area contributed by atoms with Gasteiger partial charge in [0.25, 0.3) is 0 Å². The van der Waals surface area contributed by atoms with Crippen LogP contribution in [0.1, 0.15) is 25.8 Å². The third-order valence-electron chi connectivity index (χ3n) is 3.36. The summed E-state index contributed by atoms with van der Waals surface area (Å²) in [6, 6.07) is 8.17. The molecule has 0 saturated heterocycles.